The molecule has 0 saturated carbocycles. The van der Waals surface area contributed by atoms with Crippen molar-refractivity contribution in [3.63, 3.8) is 0 Å². The molecule has 21 heavy (non-hydrogen) atoms. The summed E-state index contributed by atoms with van der Waals surface area (Å²) in [5.41, 5.74) is -12.3. The quantitative estimate of drug-likeness (QED) is 0.602. The molecule has 0 spiro atoms. The van der Waals surface area contributed by atoms with Gasteiger partial charge in [0.25, 0.3) is 18.9 Å². The largest absolute Gasteiger partial charge is 0.502 e. The second kappa shape index (κ2) is 5.40. The zero-order valence-corrected chi connectivity index (χ0v) is 12.1. The molecule has 0 N–H and O–H groups in total. The van der Waals surface area contributed by atoms with Crippen molar-refractivity contribution in [2.24, 2.45) is 0 Å². The molecular formula is C8H5F6O4PS2. The van der Waals surface area contributed by atoms with Gasteiger partial charge in [-0.25, -0.2) is 16.8 Å². The van der Waals surface area contributed by atoms with Gasteiger partial charge in [-0.1, -0.05) is 30.3 Å². The summed E-state index contributed by atoms with van der Waals surface area (Å²) in [4.78, 5) is 0. The Morgan fingerprint density at radius 1 is 0.714 bits per heavy atom. The molecule has 13 heteroatoms. The third-order valence-electron chi connectivity index (χ3n) is 1.99. The molecule has 0 aliphatic carbocycles. The van der Waals surface area contributed by atoms with Crippen molar-refractivity contribution in [2.75, 3.05) is 0 Å². The van der Waals surface area contributed by atoms with Crippen molar-refractivity contribution >= 4 is 30.5 Å². The molecule has 1 aromatic rings. The highest BCUT2D eigenvalue weighted by molar-refractivity contribution is 8.84. The summed E-state index contributed by atoms with van der Waals surface area (Å²) in [6.45, 7) is 0. The summed E-state index contributed by atoms with van der Waals surface area (Å²) in [6.07, 6.45) is -4.62. The summed E-state index contributed by atoms with van der Waals surface area (Å²) in [5.74, 6) is 0. The van der Waals surface area contributed by atoms with Gasteiger partial charge in [-0.2, -0.15) is 26.3 Å². The summed E-state index contributed by atoms with van der Waals surface area (Å²) in [7, 11) is -13.2. The fourth-order valence-electron chi connectivity index (χ4n) is 1.14. The molecular weight excluding hydrogens is 369 g/mol. The van der Waals surface area contributed by atoms with Crippen molar-refractivity contribution in [1.29, 1.82) is 0 Å². The number of hydrogen-bond acceptors (Lipinski definition) is 4. The van der Waals surface area contributed by atoms with E-state index >= 15 is 0 Å². The molecule has 1 rings (SSSR count). The Kier molecular flexibility index (Phi) is 4.67. The molecule has 0 radical (unpaired) electrons. The molecule has 0 unspecified atom stereocenters. The SMILES string of the molecule is O=S(=O)(P(c1ccccc1)S(=O)(=O)C(F)(F)F)C(F)(F)F. The molecule has 0 aliphatic rings. The average Bonchev–Trinajstić information content (AvgIpc) is 2.26. The Hall–Kier alpha value is -0.870. The van der Waals surface area contributed by atoms with Crippen molar-refractivity contribution < 1.29 is 43.2 Å². The van der Waals surface area contributed by atoms with Crippen LogP contribution in [0.4, 0.5) is 26.3 Å². The monoisotopic (exact) mass is 374 g/mol. The van der Waals surface area contributed by atoms with E-state index in [1.54, 1.807) is 0 Å². The second-order valence-corrected chi connectivity index (χ2v) is 13.1. The minimum atomic E-state index is -6.58. The van der Waals surface area contributed by atoms with Crippen LogP contribution in [0.1, 0.15) is 0 Å². The van der Waals surface area contributed by atoms with Crippen LogP contribution in [0.5, 0.6) is 0 Å². The first-order valence-corrected chi connectivity index (χ1v) is 10.2. The van der Waals surface area contributed by atoms with Crippen LogP contribution in [-0.4, -0.2) is 27.9 Å². The van der Waals surface area contributed by atoms with Crippen molar-refractivity contribution in [3.05, 3.63) is 30.3 Å². The van der Waals surface area contributed by atoms with Crippen LogP contribution in [0.2, 0.25) is 0 Å². The summed E-state index contributed by atoms with van der Waals surface area (Å²) in [6, 6.07) is 4.21. The van der Waals surface area contributed by atoms with E-state index < -0.39 is 41.6 Å². The number of benzene rings is 1. The van der Waals surface area contributed by atoms with E-state index in [1.807, 2.05) is 0 Å². The fraction of sp³-hybridized carbons (Fsp3) is 0.250. The average molecular weight is 374 g/mol. The Labute approximate surface area is 115 Å². The summed E-state index contributed by atoms with van der Waals surface area (Å²) < 4.78 is 120. The number of halogens is 6. The highest BCUT2D eigenvalue weighted by Crippen LogP contribution is 2.59. The highest BCUT2D eigenvalue weighted by atomic mass is 33.1. The van der Waals surface area contributed by atoms with Crippen molar-refractivity contribution in [2.45, 2.75) is 11.0 Å². The standard InChI is InChI=1S/C8H5F6O4PS2/c9-7(10,11)20(15,16)19(6-4-2-1-3-5-6)21(17,18)8(12,13)14/h1-5H. The lowest BCUT2D eigenvalue weighted by Gasteiger charge is -2.20. The van der Waals surface area contributed by atoms with Gasteiger partial charge in [-0.05, 0) is 0 Å². The third-order valence-corrected chi connectivity index (χ3v) is 13.4. The molecule has 120 valence electrons. The second-order valence-electron chi connectivity index (χ2n) is 3.43. The van der Waals surface area contributed by atoms with Gasteiger partial charge >= 0.3 is 11.0 Å². The first-order valence-electron chi connectivity index (χ1n) is 4.71. The van der Waals surface area contributed by atoms with Crippen LogP contribution in [0.3, 0.4) is 0 Å². The van der Waals surface area contributed by atoms with Crippen LogP contribution in [0, 0.1) is 0 Å². The minimum Gasteiger partial charge on any atom is -0.214 e. The Bertz CT molecular complexity index is 663. The smallest absolute Gasteiger partial charge is 0.214 e. The van der Waals surface area contributed by atoms with Crippen LogP contribution in [0.15, 0.2) is 30.3 Å². The summed E-state index contributed by atoms with van der Waals surface area (Å²) in [5, 5.41) is -1.08. The van der Waals surface area contributed by atoms with E-state index in [4.69, 9.17) is 0 Å². The predicted octanol–water partition coefficient (Wildman–Crippen LogP) is 2.49. The van der Waals surface area contributed by atoms with Crippen LogP contribution < -0.4 is 5.30 Å². The number of alkyl halides is 6. The molecule has 0 aromatic heterocycles. The maximum atomic E-state index is 12.5. The lowest BCUT2D eigenvalue weighted by Crippen LogP contribution is -2.33. The predicted molar refractivity (Wildman–Crippen MR) is 62.9 cm³/mol. The third kappa shape index (κ3) is 3.32. The van der Waals surface area contributed by atoms with Gasteiger partial charge in [0.2, 0.25) is 0 Å². The molecule has 1 aromatic carbocycles. The molecule has 0 fully saturated rings. The highest BCUT2D eigenvalue weighted by Gasteiger charge is 2.63. The van der Waals surface area contributed by atoms with E-state index in [0.717, 1.165) is 12.1 Å². The van der Waals surface area contributed by atoms with E-state index in [-0.39, 0.29) is 0 Å². The Morgan fingerprint density at radius 2 is 1.05 bits per heavy atom. The molecule has 0 heterocycles. The van der Waals surface area contributed by atoms with E-state index in [0.29, 0.717) is 12.1 Å². The molecule has 0 bridgehead atoms. The van der Waals surface area contributed by atoms with Gasteiger partial charge in [-0.3, -0.25) is 0 Å². The fourth-order valence-corrected chi connectivity index (χ4v) is 10.9. The van der Waals surface area contributed by atoms with Crippen LogP contribution in [0.25, 0.3) is 0 Å². The van der Waals surface area contributed by atoms with Crippen LogP contribution >= 0.6 is 6.33 Å². The normalized spacial score (nSPS) is 14.4. The first-order chi connectivity index (χ1) is 9.23. The lowest BCUT2D eigenvalue weighted by molar-refractivity contribution is -0.0417. The van der Waals surface area contributed by atoms with Gasteiger partial charge in [0.05, 0.1) is 0 Å². The van der Waals surface area contributed by atoms with Crippen LogP contribution in [-0.2, 0) is 18.9 Å². The first kappa shape index (κ1) is 18.2. The zero-order valence-electron chi connectivity index (χ0n) is 9.55. The van der Waals surface area contributed by atoms with Gasteiger partial charge in [-0.15, -0.1) is 0 Å². The number of rotatable bonds is 3. The Balaban J connectivity index is 3.72. The lowest BCUT2D eigenvalue weighted by atomic mass is 10.4. The maximum Gasteiger partial charge on any atom is 0.502 e. The van der Waals surface area contributed by atoms with Gasteiger partial charge < -0.3 is 0 Å². The Morgan fingerprint density at radius 3 is 1.33 bits per heavy atom. The van der Waals surface area contributed by atoms with Gasteiger partial charge in [0, 0.05) is 5.30 Å². The number of hydrogen-bond donors (Lipinski definition) is 0. The maximum absolute atomic E-state index is 12.5. The molecule has 0 saturated heterocycles. The molecule has 4 nitrogen and oxygen atoms in total. The molecule has 0 aliphatic heterocycles. The van der Waals surface area contributed by atoms with Crippen molar-refractivity contribution in [3.8, 4) is 0 Å². The zero-order chi connectivity index (χ0) is 16.7. The van der Waals surface area contributed by atoms with Gasteiger partial charge in [0.1, 0.15) is 0 Å². The topological polar surface area (TPSA) is 68.3 Å². The van der Waals surface area contributed by atoms with Gasteiger partial charge in [0.15, 0.2) is 6.33 Å². The molecule has 0 amide bonds. The van der Waals surface area contributed by atoms with E-state index in [2.05, 4.69) is 0 Å². The summed E-state index contributed by atoms with van der Waals surface area (Å²) >= 11 is 0. The van der Waals surface area contributed by atoms with E-state index in [9.17, 15) is 43.2 Å². The molecule has 0 atom stereocenters. The minimum absolute atomic E-state index is 0.582. The van der Waals surface area contributed by atoms with E-state index in [1.165, 1.54) is 6.07 Å². The van der Waals surface area contributed by atoms with Crippen molar-refractivity contribution in [1.82, 2.24) is 0 Å².